The highest BCUT2D eigenvalue weighted by Crippen LogP contribution is 1.78. The number of nitrogens with one attached hydrogen (secondary N) is 2. The average molecular weight is 218 g/mol. The summed E-state index contributed by atoms with van der Waals surface area (Å²) in [6.07, 6.45) is 0.800. The maximum absolute atomic E-state index is 11.1. The summed E-state index contributed by atoms with van der Waals surface area (Å²) in [5.74, 6) is -1.00. The molecule has 88 valence electrons. The van der Waals surface area contributed by atoms with Crippen molar-refractivity contribution in [3.63, 3.8) is 0 Å². The zero-order chi connectivity index (χ0) is 11.5. The smallest absolute Gasteiger partial charge is 0.304 e. The molecule has 0 radical (unpaired) electrons. The van der Waals surface area contributed by atoms with E-state index < -0.39 is 5.97 Å². The zero-order valence-electron chi connectivity index (χ0n) is 8.91. The lowest BCUT2D eigenvalue weighted by Crippen LogP contribution is -2.35. The fourth-order valence-electron chi connectivity index (χ4n) is 0.904. The molecule has 1 amide bonds. The third-order valence-electron chi connectivity index (χ3n) is 1.65. The first-order chi connectivity index (χ1) is 7.16. The first-order valence-electron chi connectivity index (χ1n) is 4.85. The van der Waals surface area contributed by atoms with Crippen molar-refractivity contribution in [1.82, 2.24) is 10.6 Å². The molecule has 0 aliphatic rings. The third kappa shape index (κ3) is 10.8. The highest BCUT2D eigenvalue weighted by Gasteiger charge is 2.00. The van der Waals surface area contributed by atoms with Gasteiger partial charge in [0.25, 0.3) is 0 Å². The second kappa shape index (κ2) is 9.42. The Morgan fingerprint density at radius 3 is 2.67 bits per heavy atom. The van der Waals surface area contributed by atoms with Gasteiger partial charge in [-0.05, 0) is 6.42 Å². The monoisotopic (exact) mass is 218 g/mol. The molecule has 0 atom stereocenters. The molecule has 0 heterocycles. The van der Waals surface area contributed by atoms with E-state index in [1.807, 2.05) is 0 Å². The molecule has 6 nitrogen and oxygen atoms in total. The number of carbonyl (C=O) groups is 2. The summed E-state index contributed by atoms with van der Waals surface area (Å²) < 4.78 is 4.82. The summed E-state index contributed by atoms with van der Waals surface area (Å²) in [5.41, 5.74) is 0. The van der Waals surface area contributed by atoms with Crippen molar-refractivity contribution in [3.05, 3.63) is 0 Å². The van der Waals surface area contributed by atoms with Gasteiger partial charge in [0.2, 0.25) is 5.91 Å². The minimum absolute atomic E-state index is 0.0248. The number of carbonyl (C=O) groups excluding carboxylic acids is 1. The van der Waals surface area contributed by atoms with Crippen LogP contribution < -0.4 is 10.6 Å². The first-order valence-corrected chi connectivity index (χ1v) is 4.85. The second-order valence-corrected chi connectivity index (χ2v) is 3.02. The zero-order valence-corrected chi connectivity index (χ0v) is 8.91. The lowest BCUT2D eigenvalue weighted by molar-refractivity contribution is -0.137. The molecule has 15 heavy (non-hydrogen) atoms. The normalized spacial score (nSPS) is 9.93. The molecule has 3 N–H and O–H groups in total. The molecule has 0 bridgehead atoms. The molecule has 0 saturated carbocycles. The van der Waals surface area contributed by atoms with E-state index in [-0.39, 0.29) is 18.9 Å². The highest BCUT2D eigenvalue weighted by molar-refractivity contribution is 5.78. The van der Waals surface area contributed by atoms with Gasteiger partial charge in [-0.3, -0.25) is 9.59 Å². The quantitative estimate of drug-likeness (QED) is 0.441. The minimum atomic E-state index is -0.872. The topological polar surface area (TPSA) is 87.7 Å². The largest absolute Gasteiger partial charge is 0.481 e. The molecule has 0 aromatic carbocycles. The van der Waals surface area contributed by atoms with Crippen molar-refractivity contribution < 1.29 is 19.4 Å². The van der Waals surface area contributed by atoms with Gasteiger partial charge in [-0.1, -0.05) is 0 Å². The van der Waals surface area contributed by atoms with E-state index in [1.165, 1.54) is 0 Å². The number of carboxylic acids is 1. The molecule has 0 unspecified atom stereocenters. The van der Waals surface area contributed by atoms with E-state index in [2.05, 4.69) is 10.6 Å². The van der Waals surface area contributed by atoms with Gasteiger partial charge >= 0.3 is 5.97 Å². The lowest BCUT2D eigenvalue weighted by atomic mass is 10.4. The molecule has 0 spiro atoms. The number of hydrogen-bond acceptors (Lipinski definition) is 4. The standard InChI is InChI=1S/C9H18N2O4/c1-15-6-2-4-11-8(12)7-10-5-3-9(13)14/h10H,2-7H2,1H3,(H,11,12)(H,13,14). The van der Waals surface area contributed by atoms with Crippen LogP contribution >= 0.6 is 0 Å². The van der Waals surface area contributed by atoms with Gasteiger partial charge < -0.3 is 20.5 Å². The number of ether oxygens (including phenoxy) is 1. The van der Waals surface area contributed by atoms with E-state index in [4.69, 9.17) is 9.84 Å². The number of carboxylic acid groups (broad SMARTS) is 1. The molecule has 0 aliphatic heterocycles. The predicted molar refractivity (Wildman–Crippen MR) is 54.6 cm³/mol. The fraction of sp³-hybridized carbons (Fsp3) is 0.778. The molecular formula is C9H18N2O4. The summed E-state index contributed by atoms with van der Waals surface area (Å²) in [4.78, 5) is 21.2. The van der Waals surface area contributed by atoms with Gasteiger partial charge in [-0.15, -0.1) is 0 Å². The molecule has 0 saturated heterocycles. The van der Waals surface area contributed by atoms with Crippen LogP contribution in [0.3, 0.4) is 0 Å². The van der Waals surface area contributed by atoms with Crippen LogP contribution in [-0.4, -0.2) is 50.3 Å². The number of methoxy groups -OCH3 is 1. The SMILES string of the molecule is COCCCNC(=O)CNCCC(=O)O. The summed E-state index contributed by atoms with van der Waals surface area (Å²) in [6, 6.07) is 0. The van der Waals surface area contributed by atoms with Crippen LogP contribution in [0.15, 0.2) is 0 Å². The predicted octanol–water partition coefficient (Wildman–Crippen LogP) is -0.797. The van der Waals surface area contributed by atoms with Crippen LogP contribution in [0, 0.1) is 0 Å². The van der Waals surface area contributed by atoms with E-state index in [9.17, 15) is 9.59 Å². The van der Waals surface area contributed by atoms with Crippen molar-refractivity contribution in [2.45, 2.75) is 12.8 Å². The third-order valence-corrected chi connectivity index (χ3v) is 1.65. The van der Waals surface area contributed by atoms with Crippen molar-refractivity contribution >= 4 is 11.9 Å². The van der Waals surface area contributed by atoms with Gasteiger partial charge in [-0.25, -0.2) is 0 Å². The molecule has 0 rings (SSSR count). The molecule has 0 aliphatic carbocycles. The van der Waals surface area contributed by atoms with E-state index in [1.54, 1.807) is 7.11 Å². The average Bonchev–Trinajstić information content (AvgIpc) is 2.19. The Bertz CT molecular complexity index is 197. The molecular weight excluding hydrogens is 200 g/mol. The van der Waals surface area contributed by atoms with Gasteiger partial charge in [0.15, 0.2) is 0 Å². The van der Waals surface area contributed by atoms with Crippen molar-refractivity contribution in [1.29, 1.82) is 0 Å². The van der Waals surface area contributed by atoms with Crippen LogP contribution in [-0.2, 0) is 14.3 Å². The van der Waals surface area contributed by atoms with E-state index >= 15 is 0 Å². The Labute approximate surface area is 89.0 Å². The van der Waals surface area contributed by atoms with Crippen molar-refractivity contribution in [2.75, 3.05) is 33.4 Å². The van der Waals surface area contributed by atoms with Crippen molar-refractivity contribution in [2.24, 2.45) is 0 Å². The molecule has 0 aromatic heterocycles. The van der Waals surface area contributed by atoms with Crippen LogP contribution in [0.2, 0.25) is 0 Å². The van der Waals surface area contributed by atoms with Gasteiger partial charge in [0, 0.05) is 26.8 Å². The van der Waals surface area contributed by atoms with Gasteiger partial charge in [-0.2, -0.15) is 0 Å². The summed E-state index contributed by atoms with van der Waals surface area (Å²) in [7, 11) is 1.61. The molecule has 0 fully saturated rings. The molecule has 6 heteroatoms. The molecule has 0 aromatic rings. The van der Waals surface area contributed by atoms with E-state index in [0.717, 1.165) is 6.42 Å². The van der Waals surface area contributed by atoms with E-state index in [0.29, 0.717) is 19.7 Å². The highest BCUT2D eigenvalue weighted by atomic mass is 16.5. The van der Waals surface area contributed by atoms with Crippen LogP contribution in [0.5, 0.6) is 0 Å². The Morgan fingerprint density at radius 1 is 1.33 bits per heavy atom. The number of aliphatic carboxylic acids is 1. The maximum Gasteiger partial charge on any atom is 0.304 e. The number of rotatable bonds is 9. The summed E-state index contributed by atoms with van der Waals surface area (Å²) in [6.45, 7) is 1.65. The first kappa shape index (κ1) is 13.9. The van der Waals surface area contributed by atoms with Crippen LogP contribution in [0.4, 0.5) is 0 Å². The van der Waals surface area contributed by atoms with Gasteiger partial charge in [0.05, 0.1) is 13.0 Å². The minimum Gasteiger partial charge on any atom is -0.481 e. The summed E-state index contributed by atoms with van der Waals surface area (Å²) in [5, 5.41) is 13.7. The Balaban J connectivity index is 3.22. The van der Waals surface area contributed by atoms with Crippen LogP contribution in [0.1, 0.15) is 12.8 Å². The number of amides is 1. The Hall–Kier alpha value is -1.14. The second-order valence-electron chi connectivity index (χ2n) is 3.02. The summed E-state index contributed by atoms with van der Waals surface area (Å²) >= 11 is 0. The number of hydrogen-bond donors (Lipinski definition) is 3. The Morgan fingerprint density at radius 2 is 2.07 bits per heavy atom. The van der Waals surface area contributed by atoms with Crippen LogP contribution in [0.25, 0.3) is 0 Å². The Kier molecular flexibility index (Phi) is 8.70. The van der Waals surface area contributed by atoms with Gasteiger partial charge in [0.1, 0.15) is 0 Å². The lowest BCUT2D eigenvalue weighted by Gasteiger charge is -2.05. The van der Waals surface area contributed by atoms with Crippen molar-refractivity contribution in [3.8, 4) is 0 Å². The fourth-order valence-corrected chi connectivity index (χ4v) is 0.904. The maximum atomic E-state index is 11.1.